The average molecular weight is 234 g/mol. The highest BCUT2D eigenvalue weighted by Gasteiger charge is 2.11. The molecule has 1 fully saturated rings. The Morgan fingerprint density at radius 3 is 2.47 bits per heavy atom. The van der Waals surface area contributed by atoms with Crippen molar-refractivity contribution < 1.29 is 5.11 Å². The fraction of sp³-hybridized carbons (Fsp3) is 0.643. The molecule has 1 saturated heterocycles. The molecule has 1 atom stereocenters. The lowest BCUT2D eigenvalue weighted by Crippen LogP contribution is -2.27. The van der Waals surface area contributed by atoms with Crippen molar-refractivity contribution in [3.05, 3.63) is 23.9 Å². The summed E-state index contributed by atoms with van der Waals surface area (Å²) in [7, 11) is 0. The number of hydrogen-bond donors (Lipinski definition) is 1. The molecule has 1 aliphatic rings. The smallest absolute Gasteiger partial charge is 0.128 e. The van der Waals surface area contributed by atoms with Crippen molar-refractivity contribution >= 4 is 5.82 Å². The topological polar surface area (TPSA) is 36.4 Å². The molecule has 0 radical (unpaired) electrons. The standard InChI is InChI=1S/C14H22N2O/c1-12(17)13-7-8-15-14(11-13)16-9-5-3-2-4-6-10-16/h7-8,11-12,17H,2-6,9-10H2,1H3/t12-/m0/s1. The number of aliphatic hydroxyl groups excluding tert-OH is 1. The molecular formula is C14H22N2O. The van der Waals surface area contributed by atoms with E-state index < -0.39 is 6.10 Å². The van der Waals surface area contributed by atoms with E-state index in [1.807, 2.05) is 12.1 Å². The lowest BCUT2D eigenvalue weighted by molar-refractivity contribution is 0.199. The number of anilines is 1. The Hall–Kier alpha value is -1.09. The Morgan fingerprint density at radius 1 is 1.18 bits per heavy atom. The third-order valence-corrected chi connectivity index (χ3v) is 3.43. The second-order valence-corrected chi connectivity index (χ2v) is 4.88. The molecule has 0 bridgehead atoms. The van der Waals surface area contributed by atoms with E-state index in [0.29, 0.717) is 0 Å². The van der Waals surface area contributed by atoms with Crippen molar-refractivity contribution in [1.29, 1.82) is 0 Å². The fourth-order valence-corrected chi connectivity index (χ4v) is 2.34. The first-order chi connectivity index (χ1) is 8.27. The van der Waals surface area contributed by atoms with Crippen LogP contribution >= 0.6 is 0 Å². The normalized spacial score (nSPS) is 19.5. The van der Waals surface area contributed by atoms with Crippen LogP contribution in [0.1, 0.15) is 50.7 Å². The van der Waals surface area contributed by atoms with Gasteiger partial charge in [0.15, 0.2) is 0 Å². The van der Waals surface area contributed by atoms with Gasteiger partial charge in [0.25, 0.3) is 0 Å². The summed E-state index contributed by atoms with van der Waals surface area (Å²) in [5.41, 5.74) is 0.956. The zero-order valence-corrected chi connectivity index (χ0v) is 10.6. The summed E-state index contributed by atoms with van der Waals surface area (Å²) in [6.07, 6.45) is 7.91. The maximum atomic E-state index is 9.60. The van der Waals surface area contributed by atoms with Crippen molar-refractivity contribution in [1.82, 2.24) is 4.98 Å². The van der Waals surface area contributed by atoms with Gasteiger partial charge in [0, 0.05) is 19.3 Å². The largest absolute Gasteiger partial charge is 0.389 e. The van der Waals surface area contributed by atoms with Crippen LogP contribution in [0.4, 0.5) is 5.82 Å². The Balaban J connectivity index is 2.10. The van der Waals surface area contributed by atoms with Crippen LogP contribution < -0.4 is 4.90 Å². The molecule has 17 heavy (non-hydrogen) atoms. The molecule has 1 N–H and O–H groups in total. The molecule has 3 nitrogen and oxygen atoms in total. The lowest BCUT2D eigenvalue weighted by atomic mass is 10.1. The SMILES string of the molecule is C[C@H](O)c1ccnc(N2CCCCCCC2)c1. The number of nitrogens with zero attached hydrogens (tertiary/aromatic N) is 2. The van der Waals surface area contributed by atoms with Crippen LogP contribution in [0.2, 0.25) is 0 Å². The van der Waals surface area contributed by atoms with E-state index in [9.17, 15) is 5.11 Å². The summed E-state index contributed by atoms with van der Waals surface area (Å²) < 4.78 is 0. The van der Waals surface area contributed by atoms with Gasteiger partial charge < -0.3 is 10.0 Å². The average Bonchev–Trinajstić information content (AvgIpc) is 2.28. The van der Waals surface area contributed by atoms with Crippen molar-refractivity contribution in [3.63, 3.8) is 0 Å². The van der Waals surface area contributed by atoms with Gasteiger partial charge in [0.2, 0.25) is 0 Å². The molecule has 1 aliphatic heterocycles. The predicted octanol–water partition coefficient (Wildman–Crippen LogP) is 2.91. The number of hydrogen-bond acceptors (Lipinski definition) is 3. The van der Waals surface area contributed by atoms with E-state index in [2.05, 4.69) is 9.88 Å². The van der Waals surface area contributed by atoms with Gasteiger partial charge in [-0.2, -0.15) is 0 Å². The Bertz CT molecular complexity index is 344. The molecule has 0 unspecified atom stereocenters. The molecule has 0 aliphatic carbocycles. The summed E-state index contributed by atoms with van der Waals surface area (Å²) in [6.45, 7) is 3.99. The summed E-state index contributed by atoms with van der Waals surface area (Å²) in [5, 5.41) is 9.60. The van der Waals surface area contributed by atoms with Gasteiger partial charge >= 0.3 is 0 Å². The fourth-order valence-electron chi connectivity index (χ4n) is 2.34. The summed E-state index contributed by atoms with van der Waals surface area (Å²) in [4.78, 5) is 6.78. The molecule has 1 aromatic rings. The molecule has 3 heteroatoms. The molecule has 0 amide bonds. The first-order valence-electron chi connectivity index (χ1n) is 6.66. The zero-order valence-electron chi connectivity index (χ0n) is 10.6. The molecule has 2 rings (SSSR count). The predicted molar refractivity (Wildman–Crippen MR) is 70.2 cm³/mol. The molecule has 2 heterocycles. The number of pyridine rings is 1. The van der Waals surface area contributed by atoms with Crippen LogP contribution in [-0.4, -0.2) is 23.2 Å². The van der Waals surface area contributed by atoms with Gasteiger partial charge in [0.1, 0.15) is 5.82 Å². The molecule has 0 saturated carbocycles. The van der Waals surface area contributed by atoms with Gasteiger partial charge in [-0.25, -0.2) is 4.98 Å². The number of aromatic nitrogens is 1. The Morgan fingerprint density at radius 2 is 1.82 bits per heavy atom. The first-order valence-corrected chi connectivity index (χ1v) is 6.66. The van der Waals surface area contributed by atoms with Gasteiger partial charge in [-0.05, 0) is 37.5 Å². The third kappa shape index (κ3) is 3.43. The van der Waals surface area contributed by atoms with Crippen LogP contribution in [0.25, 0.3) is 0 Å². The lowest BCUT2D eigenvalue weighted by Gasteiger charge is -2.26. The monoisotopic (exact) mass is 234 g/mol. The van der Waals surface area contributed by atoms with Crippen LogP contribution in [0.15, 0.2) is 18.3 Å². The quantitative estimate of drug-likeness (QED) is 0.854. The van der Waals surface area contributed by atoms with Crippen LogP contribution in [0, 0.1) is 0 Å². The molecule has 0 spiro atoms. The van der Waals surface area contributed by atoms with E-state index in [1.165, 1.54) is 32.1 Å². The minimum atomic E-state index is -0.411. The second-order valence-electron chi connectivity index (χ2n) is 4.88. The Kier molecular flexibility index (Phi) is 4.37. The van der Waals surface area contributed by atoms with E-state index in [0.717, 1.165) is 24.5 Å². The van der Waals surface area contributed by atoms with E-state index >= 15 is 0 Å². The van der Waals surface area contributed by atoms with Crippen molar-refractivity contribution in [2.24, 2.45) is 0 Å². The molecule has 94 valence electrons. The van der Waals surface area contributed by atoms with Crippen LogP contribution in [0.3, 0.4) is 0 Å². The Labute approximate surface area is 103 Å². The zero-order chi connectivity index (χ0) is 12.1. The first kappa shape index (κ1) is 12.4. The highest BCUT2D eigenvalue weighted by Crippen LogP contribution is 2.20. The molecule has 1 aromatic heterocycles. The molecular weight excluding hydrogens is 212 g/mol. The van der Waals surface area contributed by atoms with Crippen molar-refractivity contribution in [3.8, 4) is 0 Å². The molecule has 0 aromatic carbocycles. The van der Waals surface area contributed by atoms with E-state index in [4.69, 9.17) is 0 Å². The van der Waals surface area contributed by atoms with E-state index in [1.54, 1.807) is 13.1 Å². The van der Waals surface area contributed by atoms with Gasteiger partial charge in [-0.1, -0.05) is 19.3 Å². The van der Waals surface area contributed by atoms with Crippen LogP contribution in [0.5, 0.6) is 0 Å². The second kappa shape index (κ2) is 6.01. The summed E-state index contributed by atoms with van der Waals surface area (Å²) in [6, 6.07) is 3.91. The van der Waals surface area contributed by atoms with Crippen LogP contribution in [-0.2, 0) is 0 Å². The van der Waals surface area contributed by atoms with Gasteiger partial charge in [-0.15, -0.1) is 0 Å². The highest BCUT2D eigenvalue weighted by atomic mass is 16.3. The highest BCUT2D eigenvalue weighted by molar-refractivity contribution is 5.41. The van der Waals surface area contributed by atoms with Crippen molar-refractivity contribution in [2.75, 3.05) is 18.0 Å². The summed E-state index contributed by atoms with van der Waals surface area (Å²) >= 11 is 0. The number of rotatable bonds is 2. The van der Waals surface area contributed by atoms with Crippen molar-refractivity contribution in [2.45, 2.75) is 45.1 Å². The van der Waals surface area contributed by atoms with Gasteiger partial charge in [0.05, 0.1) is 6.10 Å². The number of aliphatic hydroxyl groups is 1. The summed E-state index contributed by atoms with van der Waals surface area (Å²) in [5.74, 6) is 1.02. The van der Waals surface area contributed by atoms with Gasteiger partial charge in [-0.3, -0.25) is 0 Å². The third-order valence-electron chi connectivity index (χ3n) is 3.43. The maximum Gasteiger partial charge on any atom is 0.128 e. The minimum Gasteiger partial charge on any atom is -0.389 e. The minimum absolute atomic E-state index is 0.411. The maximum absolute atomic E-state index is 9.60. The van der Waals surface area contributed by atoms with E-state index in [-0.39, 0.29) is 0 Å².